The van der Waals surface area contributed by atoms with E-state index in [-0.39, 0.29) is 0 Å². The minimum Gasteiger partial charge on any atom is -0.342 e. The molecule has 3 heterocycles. The van der Waals surface area contributed by atoms with E-state index in [0.717, 1.165) is 63.8 Å². The Morgan fingerprint density at radius 1 is 1.20 bits per heavy atom. The van der Waals surface area contributed by atoms with E-state index in [9.17, 15) is 4.79 Å². The fourth-order valence-electron chi connectivity index (χ4n) is 4.75. The number of rotatable bonds is 5. The van der Waals surface area contributed by atoms with Crippen LogP contribution in [-0.4, -0.2) is 70.7 Å². The highest BCUT2D eigenvalue weighted by atomic mass is 16.2. The van der Waals surface area contributed by atoms with Gasteiger partial charge in [-0.05, 0) is 58.8 Å². The summed E-state index contributed by atoms with van der Waals surface area (Å²) < 4.78 is 2.26. The number of carbonyl (C=O) groups is 1. The molecule has 3 fully saturated rings. The van der Waals surface area contributed by atoms with E-state index in [1.165, 1.54) is 0 Å². The standard InChI is InChI=1S/C18H30N6O/c1-4-24-15(11-22(2)3)20-21-17(24)12-5-7-23(8-6-12)18(25)16-13-9-19-10-14(13)16/h12-14,16,19H,4-11H2,1-3H3/t13-,14+,16?. The molecule has 25 heavy (non-hydrogen) atoms. The molecule has 138 valence electrons. The summed E-state index contributed by atoms with van der Waals surface area (Å²) in [4.78, 5) is 17.0. The molecule has 0 aromatic carbocycles. The molecule has 1 aromatic heterocycles. The molecule has 1 N–H and O–H groups in total. The highest BCUT2D eigenvalue weighted by Gasteiger charge is 2.57. The maximum atomic E-state index is 12.7. The van der Waals surface area contributed by atoms with Crippen LogP contribution in [0.25, 0.3) is 0 Å². The molecule has 7 nitrogen and oxygen atoms in total. The zero-order valence-corrected chi connectivity index (χ0v) is 15.6. The molecule has 0 spiro atoms. The fourth-order valence-corrected chi connectivity index (χ4v) is 4.75. The maximum Gasteiger partial charge on any atom is 0.226 e. The average molecular weight is 346 g/mol. The van der Waals surface area contributed by atoms with E-state index in [2.05, 4.69) is 50.9 Å². The van der Waals surface area contributed by atoms with Gasteiger partial charge < -0.3 is 19.7 Å². The van der Waals surface area contributed by atoms with Gasteiger partial charge in [0, 0.05) is 31.5 Å². The average Bonchev–Trinajstić information content (AvgIpc) is 2.95. The predicted octanol–water partition coefficient (Wildman–Crippen LogP) is 0.531. The smallest absolute Gasteiger partial charge is 0.226 e. The normalized spacial score (nSPS) is 29.3. The minimum atomic E-state index is 0.309. The summed E-state index contributed by atoms with van der Waals surface area (Å²) in [5, 5.41) is 12.3. The molecule has 2 saturated heterocycles. The van der Waals surface area contributed by atoms with E-state index in [1.54, 1.807) is 0 Å². The lowest BCUT2D eigenvalue weighted by Crippen LogP contribution is -2.40. The summed E-state index contributed by atoms with van der Waals surface area (Å²) in [6.07, 6.45) is 2.01. The van der Waals surface area contributed by atoms with Crippen molar-refractivity contribution < 1.29 is 4.79 Å². The number of hydrogen-bond acceptors (Lipinski definition) is 5. The number of piperidine rings is 2. The van der Waals surface area contributed by atoms with Crippen LogP contribution in [0.2, 0.25) is 0 Å². The molecule has 4 rings (SSSR count). The van der Waals surface area contributed by atoms with Crippen LogP contribution < -0.4 is 5.32 Å². The van der Waals surface area contributed by atoms with Crippen molar-refractivity contribution in [3.05, 3.63) is 11.6 Å². The first-order valence-electron chi connectivity index (χ1n) is 9.66. The molecular formula is C18H30N6O. The molecule has 0 bridgehead atoms. The number of carbonyl (C=O) groups excluding carboxylic acids is 1. The van der Waals surface area contributed by atoms with Gasteiger partial charge in [-0.3, -0.25) is 4.79 Å². The van der Waals surface area contributed by atoms with Crippen LogP contribution in [-0.2, 0) is 17.9 Å². The first-order chi connectivity index (χ1) is 12.1. The van der Waals surface area contributed by atoms with Gasteiger partial charge in [0.15, 0.2) is 0 Å². The second-order valence-corrected chi connectivity index (χ2v) is 8.07. The van der Waals surface area contributed by atoms with Gasteiger partial charge in [-0.2, -0.15) is 0 Å². The number of aromatic nitrogens is 3. The molecule has 7 heteroatoms. The second-order valence-electron chi connectivity index (χ2n) is 8.07. The van der Waals surface area contributed by atoms with Crippen LogP contribution in [0.15, 0.2) is 0 Å². The lowest BCUT2D eigenvalue weighted by atomic mass is 9.95. The van der Waals surface area contributed by atoms with E-state index >= 15 is 0 Å². The quantitative estimate of drug-likeness (QED) is 0.843. The van der Waals surface area contributed by atoms with Gasteiger partial charge in [0.25, 0.3) is 0 Å². The Balaban J connectivity index is 1.37. The Hall–Kier alpha value is -1.47. The summed E-state index contributed by atoms with van der Waals surface area (Å²) >= 11 is 0. The summed E-state index contributed by atoms with van der Waals surface area (Å²) in [6, 6.07) is 0. The van der Waals surface area contributed by atoms with Crippen molar-refractivity contribution in [1.29, 1.82) is 0 Å². The SMILES string of the molecule is CCn1c(CN(C)C)nnc1C1CCN(C(=O)C2[C@H]3CNC[C@@H]23)CC1. The van der Waals surface area contributed by atoms with Crippen molar-refractivity contribution in [2.45, 2.75) is 38.8 Å². The van der Waals surface area contributed by atoms with Crippen LogP contribution in [0, 0.1) is 17.8 Å². The Bertz CT molecular complexity index is 624. The van der Waals surface area contributed by atoms with Gasteiger partial charge in [-0.15, -0.1) is 10.2 Å². The number of likely N-dealkylation sites (tertiary alicyclic amines) is 1. The van der Waals surface area contributed by atoms with Crippen molar-refractivity contribution in [2.75, 3.05) is 40.3 Å². The van der Waals surface area contributed by atoms with Gasteiger partial charge >= 0.3 is 0 Å². The van der Waals surface area contributed by atoms with Gasteiger partial charge in [0.2, 0.25) is 5.91 Å². The number of nitrogens with zero attached hydrogens (tertiary/aromatic N) is 5. The number of fused-ring (bicyclic) bond motifs is 1. The third-order valence-corrected chi connectivity index (χ3v) is 6.18. The van der Waals surface area contributed by atoms with Gasteiger partial charge in [0.1, 0.15) is 11.6 Å². The maximum absolute atomic E-state index is 12.7. The van der Waals surface area contributed by atoms with Crippen LogP contribution in [0.5, 0.6) is 0 Å². The highest BCUT2D eigenvalue weighted by Crippen LogP contribution is 2.50. The first-order valence-corrected chi connectivity index (χ1v) is 9.66. The zero-order chi connectivity index (χ0) is 17.6. The topological polar surface area (TPSA) is 66.3 Å². The van der Waals surface area contributed by atoms with Crippen molar-refractivity contribution in [2.24, 2.45) is 17.8 Å². The summed E-state index contributed by atoms with van der Waals surface area (Å²) in [6.45, 7) is 7.68. The van der Waals surface area contributed by atoms with Crippen LogP contribution in [0.1, 0.15) is 37.3 Å². The predicted molar refractivity (Wildman–Crippen MR) is 95.0 cm³/mol. The van der Waals surface area contributed by atoms with Crippen LogP contribution in [0.3, 0.4) is 0 Å². The Morgan fingerprint density at radius 3 is 2.48 bits per heavy atom. The Labute approximate surface area is 149 Å². The summed E-state index contributed by atoms with van der Waals surface area (Å²) in [7, 11) is 4.11. The third-order valence-electron chi connectivity index (χ3n) is 6.18. The van der Waals surface area contributed by atoms with Crippen molar-refractivity contribution in [3.63, 3.8) is 0 Å². The van der Waals surface area contributed by atoms with E-state index in [1.807, 2.05) is 0 Å². The number of amides is 1. The molecule has 1 aliphatic carbocycles. The van der Waals surface area contributed by atoms with Crippen LogP contribution >= 0.6 is 0 Å². The molecule has 0 radical (unpaired) electrons. The minimum absolute atomic E-state index is 0.309. The van der Waals surface area contributed by atoms with E-state index < -0.39 is 0 Å². The Morgan fingerprint density at radius 2 is 1.88 bits per heavy atom. The lowest BCUT2D eigenvalue weighted by Gasteiger charge is -2.32. The number of hydrogen-bond donors (Lipinski definition) is 1. The molecule has 1 unspecified atom stereocenters. The lowest BCUT2D eigenvalue weighted by molar-refractivity contribution is -0.134. The van der Waals surface area contributed by atoms with Gasteiger partial charge in [0.05, 0.1) is 6.54 Å². The van der Waals surface area contributed by atoms with Crippen molar-refractivity contribution in [3.8, 4) is 0 Å². The van der Waals surface area contributed by atoms with E-state index in [4.69, 9.17) is 0 Å². The van der Waals surface area contributed by atoms with Crippen molar-refractivity contribution in [1.82, 2.24) is 29.9 Å². The fraction of sp³-hybridized carbons (Fsp3) is 0.833. The number of nitrogens with one attached hydrogen (secondary N) is 1. The molecular weight excluding hydrogens is 316 g/mol. The Kier molecular flexibility index (Phi) is 4.54. The summed E-state index contributed by atoms with van der Waals surface area (Å²) in [5.74, 6) is 4.51. The van der Waals surface area contributed by atoms with Gasteiger partial charge in [-0.25, -0.2) is 0 Å². The molecule has 3 atom stereocenters. The summed E-state index contributed by atoms with van der Waals surface area (Å²) in [5.41, 5.74) is 0. The van der Waals surface area contributed by atoms with E-state index in [0.29, 0.717) is 29.6 Å². The highest BCUT2D eigenvalue weighted by molar-refractivity contribution is 5.82. The molecule has 1 aromatic rings. The molecule has 1 amide bonds. The first kappa shape index (κ1) is 17.0. The van der Waals surface area contributed by atoms with Gasteiger partial charge in [-0.1, -0.05) is 0 Å². The second kappa shape index (κ2) is 6.68. The van der Waals surface area contributed by atoms with Crippen LogP contribution in [0.4, 0.5) is 0 Å². The molecule has 1 saturated carbocycles. The third kappa shape index (κ3) is 3.08. The largest absolute Gasteiger partial charge is 0.342 e. The molecule has 3 aliphatic rings. The van der Waals surface area contributed by atoms with Crippen molar-refractivity contribution >= 4 is 5.91 Å². The monoisotopic (exact) mass is 346 g/mol. The molecule has 2 aliphatic heterocycles. The zero-order valence-electron chi connectivity index (χ0n) is 15.6.